The van der Waals surface area contributed by atoms with Crippen molar-refractivity contribution in [1.82, 2.24) is 9.97 Å². The zero-order chi connectivity index (χ0) is 14.5. The lowest BCUT2D eigenvalue weighted by Crippen LogP contribution is -2.04. The van der Waals surface area contributed by atoms with Gasteiger partial charge in [0.1, 0.15) is 12.4 Å². The molecule has 2 aromatic heterocycles. The Labute approximate surface area is 123 Å². The Balaban J connectivity index is 1.68. The van der Waals surface area contributed by atoms with Gasteiger partial charge in [-0.15, -0.1) is 0 Å². The molecule has 2 N–H and O–H groups in total. The molecule has 0 atom stereocenters. The highest BCUT2D eigenvalue weighted by Crippen LogP contribution is 2.16. The Morgan fingerprint density at radius 3 is 2.81 bits per heavy atom. The van der Waals surface area contributed by atoms with E-state index in [0.717, 1.165) is 34.3 Å². The molecule has 0 aliphatic heterocycles. The first-order chi connectivity index (χ1) is 10.3. The van der Waals surface area contributed by atoms with Gasteiger partial charge in [-0.2, -0.15) is 0 Å². The zero-order valence-electron chi connectivity index (χ0n) is 11.7. The minimum absolute atomic E-state index is 0.517. The number of nitrogens with zero attached hydrogens (tertiary/aromatic N) is 2. The fraction of sp³-hybridized carbons (Fsp3) is 0.176. The van der Waals surface area contributed by atoms with Gasteiger partial charge in [0.25, 0.3) is 0 Å². The molecule has 0 radical (unpaired) electrons. The van der Waals surface area contributed by atoms with Gasteiger partial charge in [-0.25, -0.2) is 0 Å². The van der Waals surface area contributed by atoms with E-state index in [2.05, 4.69) is 22.1 Å². The van der Waals surface area contributed by atoms with E-state index in [9.17, 15) is 0 Å². The minimum Gasteiger partial charge on any atom is -0.487 e. The highest BCUT2D eigenvalue weighted by Gasteiger charge is 2.00. The van der Waals surface area contributed by atoms with Gasteiger partial charge >= 0.3 is 0 Å². The van der Waals surface area contributed by atoms with Gasteiger partial charge in [0.05, 0.1) is 11.7 Å². The van der Waals surface area contributed by atoms with E-state index in [1.807, 2.05) is 30.3 Å². The van der Waals surface area contributed by atoms with Crippen molar-refractivity contribution in [2.45, 2.75) is 13.0 Å². The summed E-state index contributed by atoms with van der Waals surface area (Å²) in [4.78, 5) is 8.62. The van der Waals surface area contributed by atoms with Crippen LogP contribution in [0.2, 0.25) is 0 Å². The molecule has 0 bridgehead atoms. The fourth-order valence-corrected chi connectivity index (χ4v) is 2.17. The third-order valence-electron chi connectivity index (χ3n) is 3.27. The van der Waals surface area contributed by atoms with E-state index in [1.54, 1.807) is 12.4 Å². The molecule has 0 aliphatic carbocycles. The summed E-state index contributed by atoms with van der Waals surface area (Å²) in [6, 6.07) is 14.0. The number of hydrogen-bond acceptors (Lipinski definition) is 4. The molecule has 3 aromatic rings. The number of nitrogens with two attached hydrogens (primary N) is 1. The zero-order valence-corrected chi connectivity index (χ0v) is 11.7. The molecule has 106 valence electrons. The third-order valence-corrected chi connectivity index (χ3v) is 3.27. The molecular weight excluding hydrogens is 262 g/mol. The summed E-state index contributed by atoms with van der Waals surface area (Å²) in [5, 5.41) is 1.12. The van der Waals surface area contributed by atoms with Crippen molar-refractivity contribution in [2.24, 2.45) is 5.73 Å². The summed E-state index contributed by atoms with van der Waals surface area (Å²) < 4.78 is 5.76. The summed E-state index contributed by atoms with van der Waals surface area (Å²) >= 11 is 0. The number of ether oxygens (including phenoxy) is 1. The van der Waals surface area contributed by atoms with Crippen LogP contribution in [0.1, 0.15) is 11.3 Å². The molecule has 0 fully saturated rings. The van der Waals surface area contributed by atoms with Crippen LogP contribution in [0, 0.1) is 0 Å². The van der Waals surface area contributed by atoms with Crippen LogP contribution in [0.5, 0.6) is 5.75 Å². The smallest absolute Gasteiger partial charge is 0.138 e. The van der Waals surface area contributed by atoms with Gasteiger partial charge in [0, 0.05) is 23.7 Å². The van der Waals surface area contributed by atoms with Crippen LogP contribution in [0.4, 0.5) is 0 Å². The summed E-state index contributed by atoms with van der Waals surface area (Å²) in [6.45, 7) is 1.13. The van der Waals surface area contributed by atoms with Crippen LogP contribution >= 0.6 is 0 Å². The first-order valence-electron chi connectivity index (χ1n) is 6.96. The molecule has 4 heteroatoms. The maximum atomic E-state index is 5.76. The second kappa shape index (κ2) is 6.33. The summed E-state index contributed by atoms with van der Waals surface area (Å²) in [5.41, 5.74) is 8.60. The van der Waals surface area contributed by atoms with E-state index in [-0.39, 0.29) is 0 Å². The molecule has 3 rings (SSSR count). The minimum atomic E-state index is 0.517. The fourth-order valence-electron chi connectivity index (χ4n) is 2.17. The quantitative estimate of drug-likeness (QED) is 0.780. The standard InChI is InChI=1S/C17H17N3O/c18-8-7-15-4-5-16(11-20-15)21-12-13-3-6-17-14(10-13)2-1-9-19-17/h1-6,9-11H,7-8,12,18H2. The number of benzene rings is 1. The number of rotatable bonds is 5. The largest absolute Gasteiger partial charge is 0.487 e. The van der Waals surface area contributed by atoms with E-state index >= 15 is 0 Å². The number of fused-ring (bicyclic) bond motifs is 1. The van der Waals surface area contributed by atoms with Crippen LogP contribution < -0.4 is 10.5 Å². The van der Waals surface area contributed by atoms with Crippen LogP contribution in [0.3, 0.4) is 0 Å². The monoisotopic (exact) mass is 279 g/mol. The van der Waals surface area contributed by atoms with Gasteiger partial charge in [0.15, 0.2) is 0 Å². The number of aromatic nitrogens is 2. The SMILES string of the molecule is NCCc1ccc(OCc2ccc3ncccc3c2)cn1. The van der Waals surface area contributed by atoms with Crippen molar-refractivity contribution in [3.63, 3.8) is 0 Å². The van der Waals surface area contributed by atoms with Crippen LogP contribution in [-0.2, 0) is 13.0 Å². The lowest BCUT2D eigenvalue weighted by molar-refractivity contribution is 0.305. The third kappa shape index (κ3) is 3.35. The van der Waals surface area contributed by atoms with Gasteiger partial charge in [-0.05, 0) is 42.4 Å². The van der Waals surface area contributed by atoms with E-state index in [0.29, 0.717) is 13.2 Å². The van der Waals surface area contributed by atoms with Crippen molar-refractivity contribution in [3.8, 4) is 5.75 Å². The van der Waals surface area contributed by atoms with Gasteiger partial charge in [0.2, 0.25) is 0 Å². The highest BCUT2D eigenvalue weighted by molar-refractivity contribution is 5.78. The molecule has 0 saturated carbocycles. The molecule has 4 nitrogen and oxygen atoms in total. The Hall–Kier alpha value is -2.46. The summed E-state index contributed by atoms with van der Waals surface area (Å²) in [6.07, 6.45) is 4.33. The lowest BCUT2D eigenvalue weighted by atomic mass is 10.1. The molecule has 0 unspecified atom stereocenters. The van der Waals surface area contributed by atoms with E-state index in [4.69, 9.17) is 10.5 Å². The van der Waals surface area contributed by atoms with Crippen molar-refractivity contribution in [3.05, 3.63) is 66.1 Å². The Bertz CT molecular complexity index is 725. The first-order valence-corrected chi connectivity index (χ1v) is 6.96. The predicted molar refractivity (Wildman–Crippen MR) is 83.1 cm³/mol. The van der Waals surface area contributed by atoms with Crippen molar-refractivity contribution in [1.29, 1.82) is 0 Å². The topological polar surface area (TPSA) is 61.0 Å². The van der Waals surface area contributed by atoms with Crippen LogP contribution in [-0.4, -0.2) is 16.5 Å². The Morgan fingerprint density at radius 2 is 2.00 bits per heavy atom. The van der Waals surface area contributed by atoms with Crippen molar-refractivity contribution in [2.75, 3.05) is 6.54 Å². The van der Waals surface area contributed by atoms with E-state index in [1.165, 1.54) is 0 Å². The second-order valence-electron chi connectivity index (χ2n) is 4.84. The molecule has 2 heterocycles. The van der Waals surface area contributed by atoms with Crippen LogP contribution in [0.15, 0.2) is 54.9 Å². The van der Waals surface area contributed by atoms with Gasteiger partial charge in [-0.1, -0.05) is 12.1 Å². The van der Waals surface area contributed by atoms with E-state index < -0.39 is 0 Å². The maximum Gasteiger partial charge on any atom is 0.138 e. The Morgan fingerprint density at radius 1 is 1.05 bits per heavy atom. The average molecular weight is 279 g/mol. The second-order valence-corrected chi connectivity index (χ2v) is 4.84. The lowest BCUT2D eigenvalue weighted by Gasteiger charge is -2.07. The van der Waals surface area contributed by atoms with Crippen molar-refractivity contribution < 1.29 is 4.74 Å². The van der Waals surface area contributed by atoms with Gasteiger partial charge in [-0.3, -0.25) is 9.97 Å². The van der Waals surface area contributed by atoms with Gasteiger partial charge < -0.3 is 10.5 Å². The number of hydrogen-bond donors (Lipinski definition) is 1. The molecule has 1 aromatic carbocycles. The number of pyridine rings is 2. The molecule has 0 amide bonds. The molecule has 0 spiro atoms. The molecular formula is C17H17N3O. The maximum absolute atomic E-state index is 5.76. The van der Waals surface area contributed by atoms with Crippen molar-refractivity contribution >= 4 is 10.9 Å². The van der Waals surface area contributed by atoms with Crippen LogP contribution in [0.25, 0.3) is 10.9 Å². The normalized spacial score (nSPS) is 10.7. The highest BCUT2D eigenvalue weighted by atomic mass is 16.5. The first kappa shape index (κ1) is 13.5. The molecule has 21 heavy (non-hydrogen) atoms. The summed E-state index contributed by atoms with van der Waals surface area (Å²) in [5.74, 6) is 0.766. The predicted octanol–water partition coefficient (Wildman–Crippen LogP) is 2.71. The summed E-state index contributed by atoms with van der Waals surface area (Å²) in [7, 11) is 0. The Kier molecular flexibility index (Phi) is 4.07. The molecule has 0 saturated heterocycles. The molecule has 0 aliphatic rings. The average Bonchev–Trinajstić information content (AvgIpc) is 2.54.